The number of hydrogen-bond donors (Lipinski definition) is 1. The summed E-state index contributed by atoms with van der Waals surface area (Å²) in [5, 5.41) is 8.85. The van der Waals surface area contributed by atoms with E-state index in [2.05, 4.69) is 0 Å². The third kappa shape index (κ3) is 2.60. The molecule has 0 saturated heterocycles. The Kier molecular flexibility index (Phi) is 4.20. The fraction of sp³-hybridized carbons (Fsp3) is 0.333. The van der Waals surface area contributed by atoms with Gasteiger partial charge in [0, 0.05) is 6.42 Å². The van der Waals surface area contributed by atoms with Gasteiger partial charge in [0.05, 0.1) is 13.7 Å². The smallest absolute Gasteiger partial charge is 0.101 e. The van der Waals surface area contributed by atoms with E-state index in [-0.39, 0.29) is 6.61 Å². The molecule has 0 amide bonds. The van der Waals surface area contributed by atoms with Crippen LogP contribution >= 0.6 is 0 Å². The maximum absolute atomic E-state index is 8.85. The van der Waals surface area contributed by atoms with Crippen LogP contribution in [0.1, 0.15) is 18.9 Å². The lowest BCUT2D eigenvalue weighted by Crippen LogP contribution is -1.95. The number of allylic oxidation sites excluding steroid dienone is 1. The van der Waals surface area contributed by atoms with Crippen molar-refractivity contribution in [1.82, 2.24) is 0 Å². The van der Waals surface area contributed by atoms with Crippen LogP contribution in [0.4, 0.5) is 0 Å². The molecular weight excluding hydrogens is 176 g/mol. The summed E-state index contributed by atoms with van der Waals surface area (Å²) in [6, 6.07) is 10.0. The van der Waals surface area contributed by atoms with Crippen molar-refractivity contribution in [2.45, 2.75) is 13.3 Å². The number of benzene rings is 1. The quantitative estimate of drug-likeness (QED) is 0.742. The normalized spacial score (nSPS) is 12.2. The van der Waals surface area contributed by atoms with Gasteiger partial charge in [0.1, 0.15) is 5.76 Å². The van der Waals surface area contributed by atoms with Gasteiger partial charge in [-0.05, 0) is 18.1 Å². The Bertz CT molecular complexity index is 301. The molecule has 0 fully saturated rings. The van der Waals surface area contributed by atoms with Gasteiger partial charge >= 0.3 is 0 Å². The predicted molar refractivity (Wildman–Crippen MR) is 57.7 cm³/mol. The standard InChI is InChI=1S/C12H16O2/c1-10(12(14-2)8-9-13)11-6-4-3-5-7-11/h3-7,13H,8-9H2,1-2H3/b12-10+. The van der Waals surface area contributed by atoms with E-state index in [9.17, 15) is 0 Å². The van der Waals surface area contributed by atoms with Crippen LogP contribution in [0.3, 0.4) is 0 Å². The second-order valence-corrected chi connectivity index (χ2v) is 3.09. The van der Waals surface area contributed by atoms with Gasteiger partial charge in [0.25, 0.3) is 0 Å². The molecule has 0 spiro atoms. The summed E-state index contributed by atoms with van der Waals surface area (Å²) < 4.78 is 5.23. The Labute approximate surface area is 84.8 Å². The highest BCUT2D eigenvalue weighted by molar-refractivity contribution is 5.65. The second-order valence-electron chi connectivity index (χ2n) is 3.09. The highest BCUT2D eigenvalue weighted by atomic mass is 16.5. The van der Waals surface area contributed by atoms with Crippen LogP contribution in [0.5, 0.6) is 0 Å². The second kappa shape index (κ2) is 5.45. The number of aliphatic hydroxyl groups is 1. The van der Waals surface area contributed by atoms with E-state index in [1.165, 1.54) is 0 Å². The Morgan fingerprint density at radius 2 is 1.93 bits per heavy atom. The summed E-state index contributed by atoms with van der Waals surface area (Å²) >= 11 is 0. The molecule has 1 aromatic rings. The van der Waals surface area contributed by atoms with E-state index in [0.717, 1.165) is 16.9 Å². The van der Waals surface area contributed by atoms with Crippen molar-refractivity contribution in [3.8, 4) is 0 Å². The first-order valence-electron chi connectivity index (χ1n) is 4.69. The third-order valence-corrected chi connectivity index (χ3v) is 2.21. The van der Waals surface area contributed by atoms with Gasteiger partial charge < -0.3 is 9.84 Å². The molecule has 0 aromatic heterocycles. The largest absolute Gasteiger partial charge is 0.501 e. The minimum atomic E-state index is 0.118. The summed E-state index contributed by atoms with van der Waals surface area (Å²) in [6.45, 7) is 2.12. The Morgan fingerprint density at radius 3 is 2.43 bits per heavy atom. The predicted octanol–water partition coefficient (Wildman–Crippen LogP) is 2.45. The molecule has 76 valence electrons. The first-order chi connectivity index (χ1) is 6.79. The zero-order valence-electron chi connectivity index (χ0n) is 8.66. The highest BCUT2D eigenvalue weighted by Crippen LogP contribution is 2.20. The fourth-order valence-electron chi connectivity index (χ4n) is 1.39. The van der Waals surface area contributed by atoms with Crippen molar-refractivity contribution < 1.29 is 9.84 Å². The molecule has 0 bridgehead atoms. The molecule has 0 aliphatic heterocycles. The number of rotatable bonds is 4. The Balaban J connectivity index is 2.95. The molecule has 2 heteroatoms. The molecule has 0 atom stereocenters. The molecular formula is C12H16O2. The molecule has 1 aromatic carbocycles. The van der Waals surface area contributed by atoms with Crippen molar-refractivity contribution in [2.24, 2.45) is 0 Å². The van der Waals surface area contributed by atoms with Gasteiger partial charge in [0.2, 0.25) is 0 Å². The van der Waals surface area contributed by atoms with Crippen LogP contribution in [0.25, 0.3) is 5.57 Å². The summed E-state index contributed by atoms with van der Waals surface area (Å²) in [5.74, 6) is 0.846. The summed E-state index contributed by atoms with van der Waals surface area (Å²) in [5.41, 5.74) is 2.22. The van der Waals surface area contributed by atoms with Crippen molar-refractivity contribution in [1.29, 1.82) is 0 Å². The summed E-state index contributed by atoms with van der Waals surface area (Å²) in [7, 11) is 1.64. The van der Waals surface area contributed by atoms with Crippen molar-refractivity contribution in [2.75, 3.05) is 13.7 Å². The van der Waals surface area contributed by atoms with Crippen molar-refractivity contribution in [3.05, 3.63) is 41.7 Å². The van der Waals surface area contributed by atoms with Gasteiger partial charge in [-0.25, -0.2) is 0 Å². The molecule has 1 rings (SSSR count). The topological polar surface area (TPSA) is 29.5 Å². The molecule has 0 saturated carbocycles. The Hall–Kier alpha value is -1.28. The van der Waals surface area contributed by atoms with E-state index in [1.807, 2.05) is 37.3 Å². The van der Waals surface area contributed by atoms with Gasteiger partial charge in [-0.15, -0.1) is 0 Å². The first-order valence-corrected chi connectivity index (χ1v) is 4.69. The minimum absolute atomic E-state index is 0.118. The van der Waals surface area contributed by atoms with Crippen LogP contribution in [0.2, 0.25) is 0 Å². The van der Waals surface area contributed by atoms with E-state index in [4.69, 9.17) is 9.84 Å². The van der Waals surface area contributed by atoms with Crippen LogP contribution in [-0.4, -0.2) is 18.8 Å². The maximum atomic E-state index is 8.85. The summed E-state index contributed by atoms with van der Waals surface area (Å²) in [6.07, 6.45) is 0.567. The molecule has 0 radical (unpaired) electrons. The number of ether oxygens (including phenoxy) is 1. The number of hydrogen-bond acceptors (Lipinski definition) is 2. The van der Waals surface area contributed by atoms with E-state index >= 15 is 0 Å². The van der Waals surface area contributed by atoms with E-state index < -0.39 is 0 Å². The van der Waals surface area contributed by atoms with Crippen LogP contribution < -0.4 is 0 Å². The monoisotopic (exact) mass is 192 g/mol. The van der Waals surface area contributed by atoms with Crippen molar-refractivity contribution in [3.63, 3.8) is 0 Å². The average Bonchev–Trinajstić information content (AvgIpc) is 2.26. The molecule has 0 aliphatic carbocycles. The molecule has 1 N–H and O–H groups in total. The fourth-order valence-corrected chi connectivity index (χ4v) is 1.39. The molecule has 2 nitrogen and oxygen atoms in total. The minimum Gasteiger partial charge on any atom is -0.501 e. The zero-order chi connectivity index (χ0) is 10.4. The van der Waals surface area contributed by atoms with E-state index in [0.29, 0.717) is 6.42 Å². The number of methoxy groups -OCH3 is 1. The van der Waals surface area contributed by atoms with E-state index in [1.54, 1.807) is 7.11 Å². The van der Waals surface area contributed by atoms with Gasteiger partial charge in [-0.2, -0.15) is 0 Å². The van der Waals surface area contributed by atoms with Crippen LogP contribution in [-0.2, 0) is 4.74 Å². The van der Waals surface area contributed by atoms with Crippen LogP contribution in [0.15, 0.2) is 36.1 Å². The van der Waals surface area contributed by atoms with Gasteiger partial charge in [0.15, 0.2) is 0 Å². The SMILES string of the molecule is CO/C(CCO)=C(\C)c1ccccc1. The number of aliphatic hydroxyl groups excluding tert-OH is 1. The lowest BCUT2D eigenvalue weighted by Gasteiger charge is -2.09. The molecule has 0 heterocycles. The molecule has 14 heavy (non-hydrogen) atoms. The van der Waals surface area contributed by atoms with Crippen LogP contribution in [0, 0.1) is 0 Å². The molecule has 0 unspecified atom stereocenters. The highest BCUT2D eigenvalue weighted by Gasteiger charge is 2.03. The first kappa shape index (κ1) is 10.8. The maximum Gasteiger partial charge on any atom is 0.101 e. The third-order valence-electron chi connectivity index (χ3n) is 2.21. The van der Waals surface area contributed by atoms with Gasteiger partial charge in [-0.3, -0.25) is 0 Å². The average molecular weight is 192 g/mol. The summed E-state index contributed by atoms with van der Waals surface area (Å²) in [4.78, 5) is 0. The van der Waals surface area contributed by atoms with Gasteiger partial charge in [-0.1, -0.05) is 30.3 Å². The zero-order valence-corrected chi connectivity index (χ0v) is 8.66. The van der Waals surface area contributed by atoms with Crippen molar-refractivity contribution >= 4 is 5.57 Å². The lowest BCUT2D eigenvalue weighted by molar-refractivity contribution is 0.233. The lowest BCUT2D eigenvalue weighted by atomic mass is 10.1. The molecule has 0 aliphatic rings. The Morgan fingerprint density at radius 1 is 1.29 bits per heavy atom.